The third kappa shape index (κ3) is 4.06. The summed E-state index contributed by atoms with van der Waals surface area (Å²) in [7, 11) is 0. The minimum absolute atomic E-state index is 0.0313. The quantitative estimate of drug-likeness (QED) is 0.786. The molecule has 1 aromatic carbocycles. The number of nitrogens with zero attached hydrogens (tertiary/aromatic N) is 1. The van der Waals surface area contributed by atoms with Crippen molar-refractivity contribution in [2.24, 2.45) is 0 Å². The van der Waals surface area contributed by atoms with Crippen molar-refractivity contribution in [2.75, 3.05) is 19.7 Å². The predicted molar refractivity (Wildman–Crippen MR) is 75.0 cm³/mol. The van der Waals surface area contributed by atoms with Gasteiger partial charge in [0, 0.05) is 13.0 Å². The van der Waals surface area contributed by atoms with Crippen LogP contribution in [0.3, 0.4) is 0 Å². The van der Waals surface area contributed by atoms with E-state index in [0.717, 1.165) is 12.0 Å². The Bertz CT molecular complexity index is 461. The van der Waals surface area contributed by atoms with Crippen molar-refractivity contribution < 1.29 is 14.7 Å². The van der Waals surface area contributed by atoms with Crippen molar-refractivity contribution in [3.8, 4) is 0 Å². The molecule has 2 amide bonds. The van der Waals surface area contributed by atoms with Crippen LogP contribution in [0, 0.1) is 0 Å². The number of carbonyl (C=O) groups excluding carboxylic acids is 2. The van der Waals surface area contributed by atoms with Crippen molar-refractivity contribution in [3.63, 3.8) is 0 Å². The number of nitrogens with one attached hydrogen (secondary N) is 1. The van der Waals surface area contributed by atoms with E-state index in [0.29, 0.717) is 19.4 Å². The molecular formula is C15H20N2O3. The molecule has 0 aliphatic carbocycles. The summed E-state index contributed by atoms with van der Waals surface area (Å²) in [6, 6.07) is 9.37. The third-order valence-corrected chi connectivity index (χ3v) is 3.42. The Morgan fingerprint density at radius 3 is 2.70 bits per heavy atom. The molecule has 0 unspecified atom stereocenters. The Hall–Kier alpha value is -1.88. The Kier molecular flexibility index (Phi) is 5.12. The lowest BCUT2D eigenvalue weighted by Gasteiger charge is -2.19. The zero-order valence-corrected chi connectivity index (χ0v) is 11.4. The number of amides is 2. The van der Waals surface area contributed by atoms with Gasteiger partial charge in [-0.2, -0.15) is 0 Å². The van der Waals surface area contributed by atoms with Crippen molar-refractivity contribution in [2.45, 2.75) is 25.3 Å². The van der Waals surface area contributed by atoms with Gasteiger partial charge in [0.2, 0.25) is 11.8 Å². The third-order valence-electron chi connectivity index (χ3n) is 3.42. The normalized spacial score (nSPS) is 16.2. The van der Waals surface area contributed by atoms with Gasteiger partial charge in [0.05, 0.1) is 19.2 Å². The van der Waals surface area contributed by atoms with E-state index in [4.69, 9.17) is 0 Å². The number of aliphatic hydroxyl groups excluding tert-OH is 1. The molecule has 1 aliphatic heterocycles. The molecule has 0 bridgehead atoms. The largest absolute Gasteiger partial charge is 0.394 e. The number of rotatable bonds is 6. The van der Waals surface area contributed by atoms with Gasteiger partial charge in [0.15, 0.2) is 0 Å². The summed E-state index contributed by atoms with van der Waals surface area (Å²) < 4.78 is 0. The first-order valence-corrected chi connectivity index (χ1v) is 6.91. The second kappa shape index (κ2) is 7.05. The molecular weight excluding hydrogens is 256 g/mol. The molecule has 1 fully saturated rings. The lowest BCUT2D eigenvalue weighted by atomic mass is 10.1. The highest BCUT2D eigenvalue weighted by atomic mass is 16.3. The van der Waals surface area contributed by atoms with E-state index in [2.05, 4.69) is 5.32 Å². The molecule has 0 saturated carbocycles. The molecule has 20 heavy (non-hydrogen) atoms. The van der Waals surface area contributed by atoms with Crippen molar-refractivity contribution >= 4 is 11.8 Å². The number of aliphatic hydroxyl groups is 1. The topological polar surface area (TPSA) is 69.6 Å². The molecule has 2 rings (SSSR count). The molecule has 2 N–H and O–H groups in total. The highest BCUT2D eigenvalue weighted by Crippen LogP contribution is 2.09. The summed E-state index contributed by atoms with van der Waals surface area (Å²) in [5.41, 5.74) is 1.06. The number of benzene rings is 1. The summed E-state index contributed by atoms with van der Waals surface area (Å²) in [6.45, 7) is 0.618. The number of hydrogen-bond donors (Lipinski definition) is 2. The van der Waals surface area contributed by atoms with Crippen LogP contribution in [-0.2, 0) is 16.0 Å². The first-order valence-electron chi connectivity index (χ1n) is 6.91. The van der Waals surface area contributed by atoms with Crippen LogP contribution in [0.1, 0.15) is 18.4 Å². The Balaban J connectivity index is 1.83. The van der Waals surface area contributed by atoms with E-state index in [1.807, 2.05) is 30.3 Å². The summed E-state index contributed by atoms with van der Waals surface area (Å²) >= 11 is 0. The Morgan fingerprint density at radius 2 is 2.10 bits per heavy atom. The molecule has 5 heteroatoms. The van der Waals surface area contributed by atoms with Crippen molar-refractivity contribution in [3.05, 3.63) is 35.9 Å². The molecule has 1 atom stereocenters. The Labute approximate surface area is 118 Å². The molecule has 1 aromatic rings. The molecule has 5 nitrogen and oxygen atoms in total. The van der Waals surface area contributed by atoms with E-state index in [1.165, 1.54) is 0 Å². The van der Waals surface area contributed by atoms with Crippen molar-refractivity contribution in [1.29, 1.82) is 0 Å². The van der Waals surface area contributed by atoms with Gasteiger partial charge in [0.25, 0.3) is 0 Å². The van der Waals surface area contributed by atoms with E-state index >= 15 is 0 Å². The maximum absolute atomic E-state index is 11.9. The average Bonchev–Trinajstić information content (AvgIpc) is 2.84. The van der Waals surface area contributed by atoms with Gasteiger partial charge in [-0.1, -0.05) is 30.3 Å². The molecule has 108 valence electrons. The van der Waals surface area contributed by atoms with Crippen LogP contribution < -0.4 is 5.32 Å². The van der Waals surface area contributed by atoms with Crippen LogP contribution in [0.15, 0.2) is 30.3 Å². The molecule has 0 aromatic heterocycles. The van der Waals surface area contributed by atoms with Gasteiger partial charge < -0.3 is 15.3 Å². The van der Waals surface area contributed by atoms with Gasteiger partial charge in [-0.15, -0.1) is 0 Å². The highest BCUT2D eigenvalue weighted by Gasteiger charge is 2.23. The van der Waals surface area contributed by atoms with Crippen LogP contribution in [0.25, 0.3) is 0 Å². The summed E-state index contributed by atoms with van der Waals surface area (Å²) in [5.74, 6) is -0.181. The molecule has 0 spiro atoms. The van der Waals surface area contributed by atoms with Crippen LogP contribution in [0.4, 0.5) is 0 Å². The fraction of sp³-hybridized carbons (Fsp3) is 0.467. The molecule has 1 saturated heterocycles. The van der Waals surface area contributed by atoms with Crippen LogP contribution in [-0.4, -0.2) is 47.6 Å². The van der Waals surface area contributed by atoms with E-state index in [-0.39, 0.29) is 31.0 Å². The average molecular weight is 276 g/mol. The molecule has 0 radical (unpaired) electrons. The number of likely N-dealkylation sites (tertiary alicyclic amines) is 1. The Morgan fingerprint density at radius 1 is 1.35 bits per heavy atom. The lowest BCUT2D eigenvalue weighted by Crippen LogP contribution is -2.44. The van der Waals surface area contributed by atoms with E-state index < -0.39 is 0 Å². The van der Waals surface area contributed by atoms with Gasteiger partial charge in [-0.3, -0.25) is 9.59 Å². The SMILES string of the molecule is O=C(CN1CCCC1=O)N[C@@H](CO)Cc1ccccc1. The minimum atomic E-state index is -0.317. The monoisotopic (exact) mass is 276 g/mol. The minimum Gasteiger partial charge on any atom is -0.394 e. The zero-order chi connectivity index (χ0) is 14.4. The fourth-order valence-corrected chi connectivity index (χ4v) is 2.38. The lowest BCUT2D eigenvalue weighted by molar-refractivity contribution is -0.133. The zero-order valence-electron chi connectivity index (χ0n) is 11.4. The fourth-order valence-electron chi connectivity index (χ4n) is 2.38. The molecule has 1 aliphatic rings. The number of carbonyl (C=O) groups is 2. The van der Waals surface area contributed by atoms with Crippen LogP contribution >= 0.6 is 0 Å². The number of hydrogen-bond acceptors (Lipinski definition) is 3. The van der Waals surface area contributed by atoms with E-state index in [1.54, 1.807) is 4.90 Å². The predicted octanol–water partition coefficient (Wildman–Crippen LogP) is 0.329. The van der Waals surface area contributed by atoms with Crippen LogP contribution in [0.2, 0.25) is 0 Å². The second-order valence-corrected chi connectivity index (χ2v) is 5.06. The summed E-state index contributed by atoms with van der Waals surface area (Å²) in [5, 5.41) is 12.1. The summed E-state index contributed by atoms with van der Waals surface area (Å²) in [6.07, 6.45) is 1.93. The maximum Gasteiger partial charge on any atom is 0.239 e. The maximum atomic E-state index is 11.9. The first-order chi connectivity index (χ1) is 9.69. The summed E-state index contributed by atoms with van der Waals surface area (Å²) in [4.78, 5) is 24.9. The smallest absolute Gasteiger partial charge is 0.239 e. The van der Waals surface area contributed by atoms with Gasteiger partial charge in [0.1, 0.15) is 0 Å². The van der Waals surface area contributed by atoms with Gasteiger partial charge in [-0.25, -0.2) is 0 Å². The standard InChI is InChI=1S/C15H20N2O3/c18-11-13(9-12-5-2-1-3-6-12)16-14(19)10-17-8-4-7-15(17)20/h1-3,5-6,13,18H,4,7-11H2,(H,16,19)/t13-/m1/s1. The van der Waals surface area contributed by atoms with E-state index in [9.17, 15) is 14.7 Å². The van der Waals surface area contributed by atoms with Crippen LogP contribution in [0.5, 0.6) is 0 Å². The van der Waals surface area contributed by atoms with Gasteiger partial charge in [-0.05, 0) is 18.4 Å². The highest BCUT2D eigenvalue weighted by molar-refractivity contribution is 5.85. The molecule has 1 heterocycles. The second-order valence-electron chi connectivity index (χ2n) is 5.06. The first kappa shape index (κ1) is 14.5. The van der Waals surface area contributed by atoms with Gasteiger partial charge >= 0.3 is 0 Å². The van der Waals surface area contributed by atoms with Crippen molar-refractivity contribution in [1.82, 2.24) is 10.2 Å².